The lowest BCUT2D eigenvalue weighted by atomic mass is 9.81. The highest BCUT2D eigenvalue weighted by Gasteiger charge is 2.39. The molecule has 7 heteroatoms. The maximum atomic E-state index is 14.7. The van der Waals surface area contributed by atoms with Gasteiger partial charge in [0.15, 0.2) is 0 Å². The molecule has 1 aliphatic heterocycles. The second-order valence-corrected chi connectivity index (χ2v) is 10.0. The Morgan fingerprint density at radius 2 is 1.82 bits per heavy atom. The van der Waals surface area contributed by atoms with Crippen LogP contribution in [0.2, 0.25) is 0 Å². The summed E-state index contributed by atoms with van der Waals surface area (Å²) in [5.41, 5.74) is 2.01. The monoisotopic (exact) mass is 487 g/mol. The van der Waals surface area contributed by atoms with E-state index in [-0.39, 0.29) is 24.3 Å². The number of imide groups is 1. The van der Waals surface area contributed by atoms with Gasteiger partial charge < -0.3 is 4.74 Å². The average molecular weight is 488 g/mol. The van der Waals surface area contributed by atoms with Crippen molar-refractivity contribution in [3.05, 3.63) is 87.7 Å². The first-order valence-electron chi connectivity index (χ1n) is 10.7. The molecular weight excluding hydrogens is 464 g/mol. The van der Waals surface area contributed by atoms with Crippen molar-refractivity contribution in [1.29, 1.82) is 0 Å². The minimum Gasteiger partial charge on any atom is -0.496 e. The average Bonchev–Trinajstić information content (AvgIpc) is 2.98. The molecule has 0 saturated carbocycles. The van der Waals surface area contributed by atoms with Gasteiger partial charge in [-0.25, -0.2) is 4.39 Å². The van der Waals surface area contributed by atoms with Gasteiger partial charge >= 0.3 is 0 Å². The number of carbonyl (C=O) groups is 2. The molecule has 2 unspecified atom stereocenters. The first kappa shape index (κ1) is 23.5. The number of methoxy groups -OCH3 is 1. The van der Waals surface area contributed by atoms with Crippen LogP contribution in [0.1, 0.15) is 51.6 Å². The number of allylic oxidation sites excluding steroid dienone is 4. The molecule has 0 saturated heterocycles. The summed E-state index contributed by atoms with van der Waals surface area (Å²) >= 11 is 13.2. The van der Waals surface area contributed by atoms with Crippen molar-refractivity contribution in [3.63, 3.8) is 0 Å². The van der Waals surface area contributed by atoms with E-state index in [0.717, 1.165) is 0 Å². The third-order valence-electron chi connectivity index (χ3n) is 6.13. The number of rotatable bonds is 6. The zero-order valence-corrected chi connectivity index (χ0v) is 20.1. The predicted molar refractivity (Wildman–Crippen MR) is 128 cm³/mol. The minimum atomic E-state index is -0.851. The minimum absolute atomic E-state index is 0.143. The number of hydrogen-bond donors (Lipinski definition) is 0. The molecule has 33 heavy (non-hydrogen) atoms. The SMILES string of the molecule is COc1c(C[C@H](C)CN2C(=O)c3ccccc3C2=O)cc(F)cc1C1C(Cl)=CC=CC1(C)Cl. The van der Waals surface area contributed by atoms with Crippen LogP contribution in [0.3, 0.4) is 0 Å². The summed E-state index contributed by atoms with van der Waals surface area (Å²) in [6.45, 7) is 3.94. The van der Waals surface area contributed by atoms with Crippen molar-refractivity contribution in [3.8, 4) is 5.75 Å². The molecular formula is C26H24Cl2FNO3. The van der Waals surface area contributed by atoms with Crippen molar-refractivity contribution in [2.24, 2.45) is 5.92 Å². The summed E-state index contributed by atoms with van der Waals surface area (Å²) in [5, 5.41) is 0.490. The van der Waals surface area contributed by atoms with Gasteiger partial charge in [-0.15, -0.1) is 11.6 Å². The fourth-order valence-corrected chi connectivity index (χ4v) is 5.47. The molecule has 172 valence electrons. The molecule has 1 aliphatic carbocycles. The van der Waals surface area contributed by atoms with E-state index in [4.69, 9.17) is 27.9 Å². The van der Waals surface area contributed by atoms with Crippen LogP contribution < -0.4 is 4.74 Å². The number of alkyl halides is 1. The van der Waals surface area contributed by atoms with Crippen LogP contribution in [0.4, 0.5) is 4.39 Å². The normalized spacial score (nSPS) is 22.9. The highest BCUT2D eigenvalue weighted by Crippen LogP contribution is 2.48. The first-order valence-corrected chi connectivity index (χ1v) is 11.4. The molecule has 3 atom stereocenters. The Hall–Kier alpha value is -2.63. The maximum absolute atomic E-state index is 14.7. The predicted octanol–water partition coefficient (Wildman–Crippen LogP) is 6.08. The van der Waals surface area contributed by atoms with E-state index in [9.17, 15) is 14.0 Å². The molecule has 4 nitrogen and oxygen atoms in total. The van der Waals surface area contributed by atoms with E-state index in [1.807, 2.05) is 19.9 Å². The Balaban J connectivity index is 1.62. The Bertz CT molecular complexity index is 1150. The maximum Gasteiger partial charge on any atom is 0.261 e. The number of hydrogen-bond acceptors (Lipinski definition) is 3. The lowest BCUT2D eigenvalue weighted by Crippen LogP contribution is -2.34. The van der Waals surface area contributed by atoms with E-state index in [1.165, 1.54) is 24.1 Å². The summed E-state index contributed by atoms with van der Waals surface area (Å²) in [5.74, 6) is -1.17. The fourth-order valence-electron chi connectivity index (χ4n) is 4.69. The van der Waals surface area contributed by atoms with E-state index >= 15 is 0 Å². The number of nitrogens with zero attached hydrogens (tertiary/aromatic N) is 1. The third kappa shape index (κ3) is 4.32. The lowest BCUT2D eigenvalue weighted by Gasteiger charge is -2.33. The van der Waals surface area contributed by atoms with Gasteiger partial charge in [0, 0.05) is 23.1 Å². The third-order valence-corrected chi connectivity index (χ3v) is 6.82. The molecule has 0 N–H and O–H groups in total. The zero-order valence-electron chi connectivity index (χ0n) is 18.6. The molecule has 0 aromatic heterocycles. The van der Waals surface area contributed by atoms with E-state index in [2.05, 4.69) is 0 Å². The summed E-state index contributed by atoms with van der Waals surface area (Å²) in [6, 6.07) is 9.60. The topological polar surface area (TPSA) is 46.6 Å². The Kier molecular flexibility index (Phi) is 6.39. The smallest absolute Gasteiger partial charge is 0.261 e. The second kappa shape index (κ2) is 8.96. The van der Waals surface area contributed by atoms with E-state index < -0.39 is 16.6 Å². The Labute approximate surface area is 202 Å². The molecule has 2 aromatic rings. The van der Waals surface area contributed by atoms with Gasteiger partial charge in [-0.3, -0.25) is 14.5 Å². The van der Waals surface area contributed by atoms with Crippen LogP contribution in [0.5, 0.6) is 5.75 Å². The van der Waals surface area contributed by atoms with Gasteiger partial charge in [0.1, 0.15) is 11.6 Å². The second-order valence-electron chi connectivity index (χ2n) is 8.76. The highest BCUT2D eigenvalue weighted by molar-refractivity contribution is 6.33. The van der Waals surface area contributed by atoms with Crippen LogP contribution in [0.25, 0.3) is 0 Å². The van der Waals surface area contributed by atoms with Crippen molar-refractivity contribution in [2.75, 3.05) is 13.7 Å². The van der Waals surface area contributed by atoms with Crippen LogP contribution in [-0.4, -0.2) is 35.2 Å². The number of halogens is 3. The molecule has 1 heterocycles. The highest BCUT2D eigenvalue weighted by atomic mass is 35.5. The lowest BCUT2D eigenvalue weighted by molar-refractivity contribution is 0.0632. The van der Waals surface area contributed by atoms with Crippen LogP contribution in [0, 0.1) is 11.7 Å². The molecule has 0 bridgehead atoms. The van der Waals surface area contributed by atoms with Crippen LogP contribution in [-0.2, 0) is 6.42 Å². The molecule has 2 aromatic carbocycles. The molecule has 4 rings (SSSR count). The quantitative estimate of drug-likeness (QED) is 0.366. The number of benzene rings is 2. The molecule has 0 radical (unpaired) electrons. The Morgan fingerprint density at radius 3 is 2.39 bits per heavy atom. The van der Waals surface area contributed by atoms with Crippen molar-refractivity contribution in [2.45, 2.75) is 31.1 Å². The van der Waals surface area contributed by atoms with Gasteiger partial charge in [-0.05, 0) is 55.2 Å². The summed E-state index contributed by atoms with van der Waals surface area (Å²) in [4.78, 5) is 25.8. The van der Waals surface area contributed by atoms with Crippen molar-refractivity contribution >= 4 is 35.0 Å². The van der Waals surface area contributed by atoms with Crippen LogP contribution in [0.15, 0.2) is 59.7 Å². The standard InChI is InChI=1S/C26H24Cl2FNO3/c1-15(14-30-24(31)18-7-4-5-8-19(18)25(30)32)11-16-12-17(29)13-20(23(16)33-3)22-21(27)9-6-10-26(22,2)28/h4-10,12-13,15,22H,11,14H2,1-3H3/t15-,22?,26?/m0/s1. The van der Waals surface area contributed by atoms with Gasteiger partial charge in [0.2, 0.25) is 0 Å². The molecule has 0 fully saturated rings. The fraction of sp³-hybridized carbons (Fsp3) is 0.308. The largest absolute Gasteiger partial charge is 0.496 e. The first-order chi connectivity index (χ1) is 15.6. The number of ether oxygens (including phenoxy) is 1. The van der Waals surface area contributed by atoms with Gasteiger partial charge in [-0.2, -0.15) is 0 Å². The molecule has 0 spiro atoms. The summed E-state index contributed by atoms with van der Waals surface area (Å²) in [6.07, 6.45) is 5.73. The molecule has 2 amide bonds. The number of carbonyl (C=O) groups excluding carboxylic acids is 2. The van der Waals surface area contributed by atoms with Gasteiger partial charge in [0.25, 0.3) is 11.8 Å². The Morgan fingerprint density at radius 1 is 1.18 bits per heavy atom. The van der Waals surface area contributed by atoms with Crippen molar-refractivity contribution < 1.29 is 18.7 Å². The number of amides is 2. The van der Waals surface area contributed by atoms with Crippen LogP contribution >= 0.6 is 23.2 Å². The number of fused-ring (bicyclic) bond motifs is 1. The summed E-state index contributed by atoms with van der Waals surface area (Å²) < 4.78 is 20.4. The van der Waals surface area contributed by atoms with E-state index in [0.29, 0.717) is 39.5 Å². The van der Waals surface area contributed by atoms with E-state index in [1.54, 1.807) is 36.4 Å². The summed E-state index contributed by atoms with van der Waals surface area (Å²) in [7, 11) is 1.52. The zero-order chi connectivity index (χ0) is 23.9. The molecule has 2 aliphatic rings. The van der Waals surface area contributed by atoms with Crippen molar-refractivity contribution in [1.82, 2.24) is 4.90 Å². The van der Waals surface area contributed by atoms with Gasteiger partial charge in [-0.1, -0.05) is 42.8 Å². The van der Waals surface area contributed by atoms with Gasteiger partial charge in [0.05, 0.1) is 23.1 Å².